The van der Waals surface area contributed by atoms with Gasteiger partial charge in [0, 0.05) is 11.1 Å². The van der Waals surface area contributed by atoms with E-state index in [9.17, 15) is 0 Å². The summed E-state index contributed by atoms with van der Waals surface area (Å²) in [7, 11) is 0. The quantitative estimate of drug-likeness (QED) is 0.611. The van der Waals surface area contributed by atoms with Crippen molar-refractivity contribution in [3.05, 3.63) is 34.3 Å². The monoisotopic (exact) mass is 161 g/mol. The Kier molecular flexibility index (Phi) is 2.82. The third-order valence-electron chi connectivity index (χ3n) is 2.06. The van der Waals surface area contributed by atoms with Crippen molar-refractivity contribution in [1.82, 2.24) is 0 Å². The van der Waals surface area contributed by atoms with Gasteiger partial charge in [-0.1, -0.05) is 32.0 Å². The van der Waals surface area contributed by atoms with Crippen molar-refractivity contribution >= 4 is 5.69 Å². The van der Waals surface area contributed by atoms with Gasteiger partial charge in [-0.05, 0) is 12.8 Å². The molecule has 0 spiro atoms. The minimum Gasteiger partial charge on any atom is -0.0611 e. The summed E-state index contributed by atoms with van der Waals surface area (Å²) in [5.74, 6) is 0. The Labute approximate surface area is 72.9 Å². The van der Waals surface area contributed by atoms with Crippen molar-refractivity contribution in [2.75, 3.05) is 0 Å². The van der Waals surface area contributed by atoms with E-state index in [0.29, 0.717) is 0 Å². The van der Waals surface area contributed by atoms with E-state index >= 15 is 0 Å². The van der Waals surface area contributed by atoms with E-state index in [1.165, 1.54) is 0 Å². The molecule has 0 radical (unpaired) electrons. The molecule has 0 saturated heterocycles. The first-order valence-electron chi connectivity index (χ1n) is 4.29. The number of diazo groups is 1. The second-order valence-corrected chi connectivity index (χ2v) is 2.73. The molecule has 0 heterocycles. The first kappa shape index (κ1) is 8.73. The SMILES string of the molecule is CCc1cccc(CC)c1[N+]#N. The zero-order valence-corrected chi connectivity index (χ0v) is 7.54. The van der Waals surface area contributed by atoms with Crippen LogP contribution in [0, 0.1) is 5.39 Å². The molecule has 0 aliphatic rings. The molecule has 12 heavy (non-hydrogen) atoms. The van der Waals surface area contributed by atoms with Gasteiger partial charge in [0.25, 0.3) is 0 Å². The minimum atomic E-state index is 0.752. The summed E-state index contributed by atoms with van der Waals surface area (Å²) in [6, 6.07) is 5.99. The average molecular weight is 161 g/mol. The van der Waals surface area contributed by atoms with Crippen LogP contribution in [0.5, 0.6) is 0 Å². The third-order valence-corrected chi connectivity index (χ3v) is 2.06. The van der Waals surface area contributed by atoms with Crippen molar-refractivity contribution in [2.45, 2.75) is 26.7 Å². The van der Waals surface area contributed by atoms with E-state index in [4.69, 9.17) is 5.39 Å². The molecule has 0 aliphatic heterocycles. The summed E-state index contributed by atoms with van der Waals surface area (Å²) in [4.78, 5) is 3.31. The van der Waals surface area contributed by atoms with Gasteiger partial charge in [-0.2, -0.15) is 0 Å². The van der Waals surface area contributed by atoms with Crippen molar-refractivity contribution < 1.29 is 0 Å². The molecule has 0 N–H and O–H groups in total. The van der Waals surface area contributed by atoms with Crippen molar-refractivity contribution in [3.8, 4) is 0 Å². The van der Waals surface area contributed by atoms with Gasteiger partial charge in [0.05, 0.1) is 0 Å². The molecular formula is C10H13N2+. The van der Waals surface area contributed by atoms with Crippen LogP contribution in [0.25, 0.3) is 4.98 Å². The van der Waals surface area contributed by atoms with E-state index in [1.54, 1.807) is 0 Å². The lowest BCUT2D eigenvalue weighted by Gasteiger charge is -1.95. The molecule has 1 rings (SSSR count). The summed E-state index contributed by atoms with van der Waals surface area (Å²) in [6.07, 6.45) is 1.82. The molecule has 0 atom stereocenters. The molecule has 1 aromatic rings. The van der Waals surface area contributed by atoms with Crippen LogP contribution in [-0.4, -0.2) is 0 Å². The van der Waals surface area contributed by atoms with Crippen LogP contribution >= 0.6 is 0 Å². The molecule has 0 fully saturated rings. The Morgan fingerprint density at radius 2 is 1.67 bits per heavy atom. The highest BCUT2D eigenvalue weighted by molar-refractivity contribution is 5.58. The van der Waals surface area contributed by atoms with E-state index in [2.05, 4.69) is 18.8 Å². The molecule has 0 amide bonds. The number of hydrogen-bond acceptors (Lipinski definition) is 1. The molecule has 0 saturated carbocycles. The minimum absolute atomic E-state index is 0.752. The highest BCUT2D eigenvalue weighted by Gasteiger charge is 2.16. The number of aryl methyl sites for hydroxylation is 2. The molecule has 62 valence electrons. The van der Waals surface area contributed by atoms with Gasteiger partial charge in [0.15, 0.2) is 4.98 Å². The van der Waals surface area contributed by atoms with Crippen LogP contribution in [0.1, 0.15) is 25.0 Å². The number of benzene rings is 1. The molecule has 2 nitrogen and oxygen atoms in total. The lowest BCUT2D eigenvalue weighted by molar-refractivity contribution is 1.09. The number of hydrogen-bond donors (Lipinski definition) is 0. The summed E-state index contributed by atoms with van der Waals surface area (Å²) < 4.78 is 0. The Bertz CT molecular complexity index is 288. The summed E-state index contributed by atoms with van der Waals surface area (Å²) >= 11 is 0. The van der Waals surface area contributed by atoms with Crippen LogP contribution in [-0.2, 0) is 12.8 Å². The van der Waals surface area contributed by atoms with Crippen molar-refractivity contribution in [3.63, 3.8) is 0 Å². The van der Waals surface area contributed by atoms with E-state index in [-0.39, 0.29) is 0 Å². The van der Waals surface area contributed by atoms with Gasteiger partial charge in [-0.25, -0.2) is 0 Å². The zero-order chi connectivity index (χ0) is 8.97. The molecule has 0 bridgehead atoms. The highest BCUT2D eigenvalue weighted by Crippen LogP contribution is 2.25. The Balaban J connectivity index is 3.25. The smallest absolute Gasteiger partial charge is 0.0611 e. The first-order valence-corrected chi connectivity index (χ1v) is 4.29. The number of nitrogens with zero attached hydrogens (tertiary/aromatic N) is 2. The maximum atomic E-state index is 8.79. The van der Waals surface area contributed by atoms with Gasteiger partial charge >= 0.3 is 5.69 Å². The van der Waals surface area contributed by atoms with Gasteiger partial charge in [-0.15, -0.1) is 0 Å². The molecule has 1 aromatic carbocycles. The number of rotatable bonds is 2. The highest BCUT2D eigenvalue weighted by atomic mass is 14.9. The maximum absolute atomic E-state index is 8.79. The van der Waals surface area contributed by atoms with Gasteiger partial charge < -0.3 is 0 Å². The molecule has 0 aliphatic carbocycles. The normalized spacial score (nSPS) is 9.42. The van der Waals surface area contributed by atoms with Crippen LogP contribution in [0.2, 0.25) is 0 Å². The summed E-state index contributed by atoms with van der Waals surface area (Å²) in [5, 5.41) is 8.79. The predicted octanol–water partition coefficient (Wildman–Crippen LogP) is 3.30. The predicted molar refractivity (Wildman–Crippen MR) is 49.9 cm³/mol. The topological polar surface area (TPSA) is 28.1 Å². The van der Waals surface area contributed by atoms with Gasteiger partial charge in [0.2, 0.25) is 5.39 Å². The van der Waals surface area contributed by atoms with Gasteiger partial charge in [-0.3, -0.25) is 0 Å². The standard InChI is InChI=1S/C10H13N2/c1-3-8-6-5-7-9(4-2)10(8)12-11/h5-7H,3-4H2,1-2H3/q+1. The summed E-state index contributed by atoms with van der Waals surface area (Å²) in [5.41, 5.74) is 2.97. The lowest BCUT2D eigenvalue weighted by Crippen LogP contribution is -1.86. The Hall–Kier alpha value is -1.36. The van der Waals surface area contributed by atoms with E-state index in [1.807, 2.05) is 18.2 Å². The van der Waals surface area contributed by atoms with E-state index in [0.717, 1.165) is 29.7 Å². The van der Waals surface area contributed by atoms with Crippen LogP contribution in [0.4, 0.5) is 5.69 Å². The fourth-order valence-corrected chi connectivity index (χ4v) is 1.34. The lowest BCUT2D eigenvalue weighted by atomic mass is 10.0. The van der Waals surface area contributed by atoms with Gasteiger partial charge in [0.1, 0.15) is 0 Å². The fourth-order valence-electron chi connectivity index (χ4n) is 1.34. The van der Waals surface area contributed by atoms with Crippen LogP contribution in [0.15, 0.2) is 18.2 Å². The third kappa shape index (κ3) is 1.45. The largest absolute Gasteiger partial charge is 0.391 e. The fraction of sp³-hybridized carbons (Fsp3) is 0.400. The molecule has 0 unspecified atom stereocenters. The summed E-state index contributed by atoms with van der Waals surface area (Å²) in [6.45, 7) is 4.12. The van der Waals surface area contributed by atoms with Crippen molar-refractivity contribution in [2.24, 2.45) is 0 Å². The first-order chi connectivity index (χ1) is 5.83. The average Bonchev–Trinajstić information content (AvgIpc) is 2.16. The van der Waals surface area contributed by atoms with Crippen molar-refractivity contribution in [1.29, 1.82) is 5.39 Å². The second kappa shape index (κ2) is 3.87. The molecular weight excluding hydrogens is 148 g/mol. The Morgan fingerprint density at radius 1 is 1.17 bits per heavy atom. The molecule has 2 heteroatoms. The van der Waals surface area contributed by atoms with E-state index < -0.39 is 0 Å². The zero-order valence-electron chi connectivity index (χ0n) is 7.54. The second-order valence-electron chi connectivity index (χ2n) is 2.73. The molecule has 0 aromatic heterocycles. The Morgan fingerprint density at radius 3 is 2.00 bits per heavy atom. The maximum Gasteiger partial charge on any atom is 0.391 e. The van der Waals surface area contributed by atoms with Crippen LogP contribution < -0.4 is 0 Å². The van der Waals surface area contributed by atoms with Crippen LogP contribution in [0.3, 0.4) is 0 Å².